The number of carboxylic acids is 1. The van der Waals surface area contributed by atoms with Crippen LogP contribution in [0.3, 0.4) is 0 Å². The maximum absolute atomic E-state index is 11.0. The van der Waals surface area contributed by atoms with Crippen molar-refractivity contribution in [2.45, 2.75) is 0 Å². The van der Waals surface area contributed by atoms with Crippen molar-refractivity contribution in [3.05, 3.63) is 40.2 Å². The Morgan fingerprint density at radius 3 is 2.67 bits per heavy atom. The third kappa shape index (κ3) is 1.43. The van der Waals surface area contributed by atoms with Gasteiger partial charge in [0.05, 0.1) is 5.56 Å². The smallest absolute Gasteiger partial charge is 0.338 e. The number of carboxylic acid groups (broad SMARTS) is 1. The number of nitrogens with one attached hydrogen (secondary N) is 1. The van der Waals surface area contributed by atoms with Crippen LogP contribution in [0.25, 0.3) is 10.9 Å². The summed E-state index contributed by atoms with van der Waals surface area (Å²) in [6, 6.07) is 5.77. The molecule has 0 amide bonds. The van der Waals surface area contributed by atoms with Crippen molar-refractivity contribution in [2.75, 3.05) is 5.73 Å². The molecule has 76 valence electrons. The second-order valence-corrected chi connectivity index (χ2v) is 3.12. The molecule has 0 atom stereocenters. The fraction of sp³-hybridized carbons (Fsp3) is 0. The number of rotatable bonds is 1. The Labute approximate surface area is 84.2 Å². The lowest BCUT2D eigenvalue weighted by Gasteiger charge is -2.04. The van der Waals surface area contributed by atoms with Gasteiger partial charge in [-0.25, -0.2) is 4.79 Å². The molecule has 0 aliphatic heterocycles. The predicted molar refractivity (Wildman–Crippen MR) is 55.9 cm³/mol. The van der Waals surface area contributed by atoms with E-state index < -0.39 is 5.97 Å². The van der Waals surface area contributed by atoms with E-state index in [1.807, 2.05) is 0 Å². The first-order valence-corrected chi connectivity index (χ1v) is 4.24. The highest BCUT2D eigenvalue weighted by Crippen LogP contribution is 2.21. The SMILES string of the molecule is Nc1ccc2[nH]c(=O)ccc2c1C(=O)O. The number of hydrogen-bond donors (Lipinski definition) is 3. The second-order valence-electron chi connectivity index (χ2n) is 3.12. The van der Waals surface area contributed by atoms with Gasteiger partial charge in [-0.05, 0) is 18.2 Å². The molecule has 0 spiro atoms. The predicted octanol–water partition coefficient (Wildman–Crippen LogP) is 0.809. The zero-order valence-electron chi connectivity index (χ0n) is 7.65. The molecule has 1 aromatic heterocycles. The van der Waals surface area contributed by atoms with Crippen LogP contribution in [0.1, 0.15) is 10.4 Å². The molecule has 0 unspecified atom stereocenters. The fourth-order valence-corrected chi connectivity index (χ4v) is 1.49. The number of nitrogens with two attached hydrogens (primary N) is 1. The van der Waals surface area contributed by atoms with Gasteiger partial charge in [-0.15, -0.1) is 0 Å². The first-order chi connectivity index (χ1) is 7.09. The Balaban J connectivity index is 2.94. The van der Waals surface area contributed by atoms with Crippen molar-refractivity contribution in [3.63, 3.8) is 0 Å². The first-order valence-electron chi connectivity index (χ1n) is 4.24. The molecule has 0 radical (unpaired) electrons. The van der Waals surface area contributed by atoms with E-state index in [9.17, 15) is 9.59 Å². The van der Waals surface area contributed by atoms with E-state index in [4.69, 9.17) is 10.8 Å². The van der Waals surface area contributed by atoms with Gasteiger partial charge in [-0.1, -0.05) is 0 Å². The van der Waals surface area contributed by atoms with Gasteiger partial charge in [0.25, 0.3) is 0 Å². The molecule has 0 fully saturated rings. The average Bonchev–Trinajstić information content (AvgIpc) is 2.17. The highest BCUT2D eigenvalue weighted by molar-refractivity contribution is 6.07. The minimum Gasteiger partial charge on any atom is -0.478 e. The summed E-state index contributed by atoms with van der Waals surface area (Å²) in [6.07, 6.45) is 0. The summed E-state index contributed by atoms with van der Waals surface area (Å²) in [5, 5.41) is 9.39. The zero-order chi connectivity index (χ0) is 11.0. The topological polar surface area (TPSA) is 96.2 Å². The number of aromatic nitrogens is 1. The molecule has 4 N–H and O–H groups in total. The highest BCUT2D eigenvalue weighted by Gasteiger charge is 2.12. The van der Waals surface area contributed by atoms with Crippen LogP contribution < -0.4 is 11.3 Å². The van der Waals surface area contributed by atoms with E-state index in [0.29, 0.717) is 10.9 Å². The summed E-state index contributed by atoms with van der Waals surface area (Å²) >= 11 is 0. The molecular formula is C10H8N2O3. The minimum atomic E-state index is -1.11. The quantitative estimate of drug-likeness (QED) is 0.599. The summed E-state index contributed by atoms with van der Waals surface area (Å²) < 4.78 is 0. The van der Waals surface area contributed by atoms with Crippen LogP contribution >= 0.6 is 0 Å². The van der Waals surface area contributed by atoms with Gasteiger partial charge < -0.3 is 15.8 Å². The Hall–Kier alpha value is -2.30. The minimum absolute atomic E-state index is 0.0174. The Morgan fingerprint density at radius 2 is 2.00 bits per heavy atom. The van der Waals surface area contributed by atoms with Gasteiger partial charge in [0.15, 0.2) is 0 Å². The molecule has 15 heavy (non-hydrogen) atoms. The number of nitrogen functional groups attached to an aromatic ring is 1. The first kappa shape index (κ1) is 9.26. The molecule has 5 heteroatoms. The van der Waals surface area contributed by atoms with Gasteiger partial charge in [0.1, 0.15) is 0 Å². The van der Waals surface area contributed by atoms with Crippen LogP contribution in [-0.4, -0.2) is 16.1 Å². The number of carbonyl (C=O) groups is 1. The maximum Gasteiger partial charge on any atom is 0.338 e. The zero-order valence-corrected chi connectivity index (χ0v) is 7.65. The van der Waals surface area contributed by atoms with Crippen molar-refractivity contribution in [2.24, 2.45) is 0 Å². The van der Waals surface area contributed by atoms with Gasteiger partial charge in [-0.3, -0.25) is 4.79 Å². The molecule has 1 heterocycles. The van der Waals surface area contributed by atoms with Crippen molar-refractivity contribution in [1.29, 1.82) is 0 Å². The van der Waals surface area contributed by atoms with Gasteiger partial charge in [-0.2, -0.15) is 0 Å². The number of pyridine rings is 1. The molecular weight excluding hydrogens is 196 g/mol. The van der Waals surface area contributed by atoms with Gasteiger partial charge >= 0.3 is 5.97 Å². The third-order valence-corrected chi connectivity index (χ3v) is 2.15. The molecule has 1 aromatic carbocycles. The lowest BCUT2D eigenvalue weighted by atomic mass is 10.1. The number of aromatic carboxylic acids is 1. The van der Waals surface area contributed by atoms with Crippen LogP contribution in [0.4, 0.5) is 5.69 Å². The van der Waals surface area contributed by atoms with Crippen LogP contribution in [0.2, 0.25) is 0 Å². The standard InChI is InChI=1S/C10H8N2O3/c11-6-2-3-7-5(9(6)10(14)15)1-4-8(13)12-7/h1-4H,11H2,(H,12,13)(H,14,15). The number of H-pyrrole nitrogens is 1. The van der Waals surface area contributed by atoms with E-state index in [1.165, 1.54) is 18.2 Å². The van der Waals surface area contributed by atoms with Crippen molar-refractivity contribution < 1.29 is 9.90 Å². The Kier molecular flexibility index (Phi) is 1.93. The normalized spacial score (nSPS) is 10.4. The Bertz CT molecular complexity index is 601. The number of anilines is 1. The molecule has 0 saturated heterocycles. The lowest BCUT2D eigenvalue weighted by molar-refractivity contribution is 0.0700. The second kappa shape index (κ2) is 3.13. The molecule has 0 aliphatic carbocycles. The van der Waals surface area contributed by atoms with Gasteiger partial charge in [0.2, 0.25) is 5.56 Å². The highest BCUT2D eigenvalue weighted by atomic mass is 16.4. The number of aromatic amines is 1. The number of fused-ring (bicyclic) bond motifs is 1. The van der Waals surface area contributed by atoms with E-state index >= 15 is 0 Å². The van der Waals surface area contributed by atoms with Crippen molar-refractivity contribution in [1.82, 2.24) is 4.98 Å². The third-order valence-electron chi connectivity index (χ3n) is 2.15. The van der Waals surface area contributed by atoms with E-state index in [-0.39, 0.29) is 16.8 Å². The average molecular weight is 204 g/mol. The summed E-state index contributed by atoms with van der Waals surface area (Å²) in [5.41, 5.74) is 5.94. The fourth-order valence-electron chi connectivity index (χ4n) is 1.49. The number of hydrogen-bond acceptors (Lipinski definition) is 3. The number of benzene rings is 1. The van der Waals surface area contributed by atoms with Crippen LogP contribution in [-0.2, 0) is 0 Å². The van der Waals surface area contributed by atoms with Crippen molar-refractivity contribution in [3.8, 4) is 0 Å². The van der Waals surface area contributed by atoms with E-state index in [2.05, 4.69) is 4.98 Å². The molecule has 2 rings (SSSR count). The molecule has 5 nitrogen and oxygen atoms in total. The molecule has 2 aromatic rings. The van der Waals surface area contributed by atoms with E-state index in [0.717, 1.165) is 0 Å². The van der Waals surface area contributed by atoms with Crippen LogP contribution in [0, 0.1) is 0 Å². The largest absolute Gasteiger partial charge is 0.478 e. The molecule has 0 bridgehead atoms. The maximum atomic E-state index is 11.0. The summed E-state index contributed by atoms with van der Waals surface area (Å²) in [7, 11) is 0. The van der Waals surface area contributed by atoms with Gasteiger partial charge in [0, 0.05) is 22.7 Å². The molecule has 0 aliphatic rings. The van der Waals surface area contributed by atoms with Crippen LogP contribution in [0.15, 0.2) is 29.1 Å². The summed E-state index contributed by atoms with van der Waals surface area (Å²) in [5.74, 6) is -1.11. The molecule has 0 saturated carbocycles. The van der Waals surface area contributed by atoms with Crippen molar-refractivity contribution >= 4 is 22.6 Å². The van der Waals surface area contributed by atoms with Crippen LogP contribution in [0.5, 0.6) is 0 Å². The van der Waals surface area contributed by atoms with E-state index in [1.54, 1.807) is 6.07 Å². The monoisotopic (exact) mass is 204 g/mol. The Morgan fingerprint density at radius 1 is 1.27 bits per heavy atom. The summed E-state index contributed by atoms with van der Waals surface area (Å²) in [6.45, 7) is 0. The summed E-state index contributed by atoms with van der Waals surface area (Å²) in [4.78, 5) is 24.5. The lowest BCUT2D eigenvalue weighted by Crippen LogP contribution is -2.07.